The Morgan fingerprint density at radius 1 is 0.917 bits per heavy atom. The fourth-order valence-electron chi connectivity index (χ4n) is 3.52. The van der Waals surface area contributed by atoms with E-state index < -0.39 is 23.7 Å². The minimum absolute atomic E-state index is 0.132. The highest BCUT2D eigenvalue weighted by Gasteiger charge is 2.39. The first kappa shape index (κ1) is 25.0. The third kappa shape index (κ3) is 4.82. The number of carbonyl (C=O) groups is 4. The quantitative estimate of drug-likeness (QED) is 0.343. The Bertz CT molecular complexity index is 1450. The number of hydrogen-bond acceptors (Lipinski definition) is 6. The van der Waals surface area contributed by atoms with E-state index in [4.69, 9.17) is 27.9 Å². The molecule has 36 heavy (non-hydrogen) atoms. The van der Waals surface area contributed by atoms with E-state index in [9.17, 15) is 19.2 Å². The van der Waals surface area contributed by atoms with Gasteiger partial charge in [0.1, 0.15) is 10.7 Å². The smallest absolute Gasteiger partial charge is 0.339 e. The lowest BCUT2D eigenvalue weighted by molar-refractivity contribution is -0.120. The van der Waals surface area contributed by atoms with E-state index in [2.05, 4.69) is 10.6 Å². The molecule has 4 rings (SSSR count). The molecule has 3 aromatic rings. The maximum Gasteiger partial charge on any atom is 0.339 e. The number of benzene rings is 3. The van der Waals surface area contributed by atoms with Crippen LogP contribution >= 0.6 is 23.2 Å². The molecule has 182 valence electrons. The van der Waals surface area contributed by atoms with Crippen LogP contribution in [0.25, 0.3) is 0 Å². The van der Waals surface area contributed by atoms with Crippen molar-refractivity contribution < 1.29 is 23.9 Å². The molecule has 1 heterocycles. The van der Waals surface area contributed by atoms with Crippen LogP contribution in [0.15, 0.2) is 77.5 Å². The third-order valence-corrected chi connectivity index (χ3v) is 6.17. The van der Waals surface area contributed by atoms with Gasteiger partial charge in [-0.3, -0.25) is 14.4 Å². The van der Waals surface area contributed by atoms with E-state index in [1.54, 1.807) is 55.5 Å². The number of nitrogens with one attached hydrogen (secondary N) is 2. The molecule has 0 aliphatic carbocycles. The second-order valence-corrected chi connectivity index (χ2v) is 8.55. The van der Waals surface area contributed by atoms with Crippen LogP contribution in [0.2, 0.25) is 5.02 Å². The summed E-state index contributed by atoms with van der Waals surface area (Å²) >= 11 is 12.4. The van der Waals surface area contributed by atoms with Gasteiger partial charge in [0.05, 0.1) is 24.0 Å². The predicted octanol–water partition coefficient (Wildman–Crippen LogP) is 5.12. The van der Waals surface area contributed by atoms with Crippen molar-refractivity contribution >= 4 is 64.0 Å². The van der Waals surface area contributed by atoms with E-state index in [0.717, 1.165) is 10.5 Å². The van der Waals surface area contributed by atoms with Crippen molar-refractivity contribution in [3.63, 3.8) is 0 Å². The monoisotopic (exact) mass is 523 g/mol. The molecule has 2 N–H and O–H groups in total. The average Bonchev–Trinajstić information content (AvgIpc) is 3.08. The van der Waals surface area contributed by atoms with Crippen LogP contribution in [-0.2, 0) is 14.3 Å². The summed E-state index contributed by atoms with van der Waals surface area (Å²) < 4.78 is 4.75. The van der Waals surface area contributed by atoms with Crippen LogP contribution in [0, 0.1) is 6.92 Å². The van der Waals surface area contributed by atoms with Gasteiger partial charge in [-0.05, 0) is 55.0 Å². The molecule has 1 aliphatic heterocycles. The van der Waals surface area contributed by atoms with Gasteiger partial charge < -0.3 is 15.4 Å². The molecular formula is C26H19Cl2N3O5. The molecule has 0 unspecified atom stereocenters. The van der Waals surface area contributed by atoms with Gasteiger partial charge in [0, 0.05) is 16.3 Å². The van der Waals surface area contributed by atoms with Crippen molar-refractivity contribution in [2.45, 2.75) is 6.92 Å². The number of rotatable bonds is 6. The van der Waals surface area contributed by atoms with Gasteiger partial charge in [-0.1, -0.05) is 47.5 Å². The summed E-state index contributed by atoms with van der Waals surface area (Å²) in [7, 11) is 1.25. The van der Waals surface area contributed by atoms with Gasteiger partial charge in [0.25, 0.3) is 17.7 Å². The van der Waals surface area contributed by atoms with E-state index in [0.29, 0.717) is 10.7 Å². The van der Waals surface area contributed by atoms with Crippen molar-refractivity contribution in [2.75, 3.05) is 22.6 Å². The number of esters is 1. The lowest BCUT2D eigenvalue weighted by Gasteiger charge is -2.16. The highest BCUT2D eigenvalue weighted by Crippen LogP contribution is 2.32. The maximum absolute atomic E-state index is 13.1. The van der Waals surface area contributed by atoms with Crippen LogP contribution in [0.5, 0.6) is 0 Å². The minimum Gasteiger partial charge on any atom is -0.465 e. The van der Waals surface area contributed by atoms with Crippen LogP contribution in [-0.4, -0.2) is 30.8 Å². The first-order chi connectivity index (χ1) is 17.2. The van der Waals surface area contributed by atoms with Crippen LogP contribution in [0.1, 0.15) is 26.3 Å². The molecule has 0 bridgehead atoms. The second kappa shape index (κ2) is 10.2. The molecule has 0 radical (unpaired) electrons. The zero-order chi connectivity index (χ0) is 26.0. The van der Waals surface area contributed by atoms with Gasteiger partial charge in [0.15, 0.2) is 0 Å². The Morgan fingerprint density at radius 2 is 1.67 bits per heavy atom. The number of anilines is 3. The molecule has 8 nitrogen and oxygen atoms in total. The summed E-state index contributed by atoms with van der Waals surface area (Å²) in [5.41, 5.74) is 2.01. The summed E-state index contributed by atoms with van der Waals surface area (Å²) in [5.74, 6) is -2.45. The molecule has 0 spiro atoms. The van der Waals surface area contributed by atoms with Crippen molar-refractivity contribution in [1.82, 2.24) is 0 Å². The molecule has 1 aliphatic rings. The van der Waals surface area contributed by atoms with Crippen molar-refractivity contribution in [1.29, 1.82) is 0 Å². The molecule has 3 aromatic carbocycles. The molecule has 0 fully saturated rings. The molecule has 3 amide bonds. The lowest BCUT2D eigenvalue weighted by atomic mass is 10.1. The van der Waals surface area contributed by atoms with Crippen LogP contribution in [0.3, 0.4) is 0 Å². The average molecular weight is 524 g/mol. The number of imide groups is 1. The SMILES string of the molecule is COC(=O)c1ccccc1NC(=O)c1cccc(NC2=C(Cl)C(=O)N(c3ccc(C)c(Cl)c3)C2=O)c1. The second-order valence-electron chi connectivity index (χ2n) is 7.77. The summed E-state index contributed by atoms with van der Waals surface area (Å²) in [6.07, 6.45) is 0. The van der Waals surface area contributed by atoms with Gasteiger partial charge in [0.2, 0.25) is 0 Å². The van der Waals surface area contributed by atoms with Crippen LogP contribution < -0.4 is 15.5 Å². The van der Waals surface area contributed by atoms with Gasteiger partial charge in [-0.2, -0.15) is 0 Å². The van der Waals surface area contributed by atoms with Crippen molar-refractivity contribution in [3.8, 4) is 0 Å². The van der Waals surface area contributed by atoms with Gasteiger partial charge in [-0.15, -0.1) is 0 Å². The highest BCUT2D eigenvalue weighted by molar-refractivity contribution is 6.53. The fraction of sp³-hybridized carbons (Fsp3) is 0.0769. The molecular weight excluding hydrogens is 505 g/mol. The number of nitrogens with zero attached hydrogens (tertiary/aromatic N) is 1. The Kier molecular flexibility index (Phi) is 7.10. The number of halogens is 2. The van der Waals surface area contributed by atoms with E-state index >= 15 is 0 Å². The van der Waals surface area contributed by atoms with E-state index in [-0.39, 0.29) is 33.2 Å². The Labute approximate surface area is 216 Å². The summed E-state index contributed by atoms with van der Waals surface area (Å²) in [6, 6.07) is 17.5. The number of amides is 3. The zero-order valence-electron chi connectivity index (χ0n) is 19.1. The molecule has 0 aromatic heterocycles. The number of ether oxygens (including phenoxy) is 1. The van der Waals surface area contributed by atoms with E-state index in [1.807, 2.05) is 0 Å². The molecule has 0 saturated carbocycles. The Hall–Kier alpha value is -4.14. The summed E-state index contributed by atoms with van der Waals surface area (Å²) in [6.45, 7) is 1.80. The molecule has 10 heteroatoms. The number of hydrogen-bond donors (Lipinski definition) is 2. The molecule has 0 atom stereocenters. The zero-order valence-corrected chi connectivity index (χ0v) is 20.6. The predicted molar refractivity (Wildman–Crippen MR) is 137 cm³/mol. The molecule has 0 saturated heterocycles. The number of para-hydroxylation sites is 1. The van der Waals surface area contributed by atoms with Gasteiger partial charge >= 0.3 is 5.97 Å². The van der Waals surface area contributed by atoms with Crippen LogP contribution in [0.4, 0.5) is 17.1 Å². The van der Waals surface area contributed by atoms with Crippen molar-refractivity contribution in [2.24, 2.45) is 0 Å². The Morgan fingerprint density at radius 3 is 2.39 bits per heavy atom. The summed E-state index contributed by atoms with van der Waals surface area (Å²) in [4.78, 5) is 51.6. The Balaban J connectivity index is 1.55. The topological polar surface area (TPSA) is 105 Å². The minimum atomic E-state index is -0.697. The van der Waals surface area contributed by atoms with Crippen molar-refractivity contribution in [3.05, 3.63) is 99.2 Å². The van der Waals surface area contributed by atoms with Gasteiger partial charge in [-0.25, -0.2) is 9.69 Å². The first-order valence-corrected chi connectivity index (χ1v) is 11.4. The number of carbonyl (C=O) groups excluding carboxylic acids is 4. The summed E-state index contributed by atoms with van der Waals surface area (Å²) in [5, 5.41) is 5.63. The van der Waals surface area contributed by atoms with E-state index in [1.165, 1.54) is 25.3 Å². The first-order valence-electron chi connectivity index (χ1n) is 10.6. The highest BCUT2D eigenvalue weighted by atomic mass is 35.5. The number of methoxy groups -OCH3 is 1. The lowest BCUT2D eigenvalue weighted by Crippen LogP contribution is -2.32. The third-order valence-electron chi connectivity index (χ3n) is 5.42. The maximum atomic E-state index is 13.1. The largest absolute Gasteiger partial charge is 0.465 e. The standard InChI is InChI=1S/C26H19Cl2N3O5/c1-14-10-11-17(13-19(14)27)31-24(33)21(28)22(25(31)34)29-16-7-5-6-15(12-16)23(32)30-20-9-4-3-8-18(20)26(35)36-2/h3-13,29H,1-2H3,(H,30,32). The fourth-order valence-corrected chi connectivity index (χ4v) is 3.91. The normalized spacial score (nSPS) is 13.2. The number of aryl methyl sites for hydroxylation is 1.